The fourth-order valence-electron chi connectivity index (χ4n) is 3.79. The number of ether oxygens (including phenoxy) is 1. The van der Waals surface area contributed by atoms with Gasteiger partial charge in [0.2, 0.25) is 11.8 Å². The lowest BCUT2D eigenvalue weighted by atomic mass is 9.85. The van der Waals surface area contributed by atoms with Gasteiger partial charge in [0.1, 0.15) is 13.2 Å². The summed E-state index contributed by atoms with van der Waals surface area (Å²) < 4.78 is 5.28. The van der Waals surface area contributed by atoms with Crippen LogP contribution in [0.1, 0.15) is 18.4 Å². The Morgan fingerprint density at radius 2 is 1.43 bits per heavy atom. The molecule has 0 bridgehead atoms. The molecule has 2 atom stereocenters. The minimum Gasteiger partial charge on any atom is -0.459 e. The monoisotopic (exact) mass is 375 g/mol. The van der Waals surface area contributed by atoms with E-state index in [4.69, 9.17) is 4.74 Å². The van der Waals surface area contributed by atoms with E-state index in [2.05, 4.69) is 0 Å². The topological polar surface area (TPSA) is 63.7 Å². The van der Waals surface area contributed by atoms with Gasteiger partial charge in [-0.3, -0.25) is 19.3 Å². The van der Waals surface area contributed by atoms with E-state index >= 15 is 0 Å². The van der Waals surface area contributed by atoms with Gasteiger partial charge in [-0.25, -0.2) is 0 Å². The molecule has 0 saturated carbocycles. The largest absolute Gasteiger partial charge is 0.459 e. The van der Waals surface area contributed by atoms with Crippen molar-refractivity contribution in [1.29, 1.82) is 0 Å². The second kappa shape index (κ2) is 7.80. The highest BCUT2D eigenvalue weighted by Crippen LogP contribution is 2.34. The maximum Gasteiger partial charge on any atom is 0.326 e. The Hall–Kier alpha value is -3.21. The van der Waals surface area contributed by atoms with Gasteiger partial charge in [0.25, 0.3) is 0 Å². The van der Waals surface area contributed by atoms with Gasteiger partial charge in [0.05, 0.1) is 11.8 Å². The first-order valence-corrected chi connectivity index (χ1v) is 9.43. The minimum atomic E-state index is -0.569. The SMILES string of the molecule is O=C(CN1C(=O)[C@H]2CC=CC[C@@H]2C1=O)OCc1ccc(-c2ccccc2)cc1. The number of imide groups is 1. The lowest BCUT2D eigenvalue weighted by molar-refractivity contribution is -0.153. The molecule has 142 valence electrons. The van der Waals surface area contributed by atoms with Gasteiger partial charge in [0, 0.05) is 0 Å². The number of carbonyl (C=O) groups is 3. The number of carbonyl (C=O) groups excluding carboxylic acids is 3. The maximum atomic E-state index is 12.4. The molecule has 2 aromatic rings. The van der Waals surface area contributed by atoms with E-state index in [0.29, 0.717) is 12.8 Å². The van der Waals surface area contributed by atoms with Gasteiger partial charge in [0.15, 0.2) is 0 Å². The molecule has 0 unspecified atom stereocenters. The molecule has 2 aromatic carbocycles. The third-order valence-corrected chi connectivity index (χ3v) is 5.35. The Morgan fingerprint density at radius 1 is 0.857 bits per heavy atom. The Balaban J connectivity index is 1.32. The first kappa shape index (κ1) is 18.2. The third kappa shape index (κ3) is 3.60. The minimum absolute atomic E-state index is 0.110. The van der Waals surface area contributed by atoms with Crippen LogP contribution in [0.2, 0.25) is 0 Å². The molecule has 2 aliphatic rings. The number of esters is 1. The van der Waals surface area contributed by atoms with Gasteiger partial charge in [-0.05, 0) is 29.5 Å². The highest BCUT2D eigenvalue weighted by atomic mass is 16.5. The van der Waals surface area contributed by atoms with Crippen LogP contribution in [0.3, 0.4) is 0 Å². The van der Waals surface area contributed by atoms with E-state index in [1.165, 1.54) is 0 Å². The number of hydrogen-bond donors (Lipinski definition) is 0. The first-order valence-electron chi connectivity index (χ1n) is 9.43. The van der Waals surface area contributed by atoms with Gasteiger partial charge in [-0.1, -0.05) is 66.7 Å². The summed E-state index contributed by atoms with van der Waals surface area (Å²) in [6.07, 6.45) is 4.98. The zero-order valence-electron chi connectivity index (χ0n) is 15.4. The summed E-state index contributed by atoms with van der Waals surface area (Å²) in [7, 11) is 0. The van der Waals surface area contributed by atoms with Crippen LogP contribution >= 0.6 is 0 Å². The van der Waals surface area contributed by atoms with E-state index in [1.54, 1.807) is 0 Å². The van der Waals surface area contributed by atoms with Gasteiger partial charge < -0.3 is 4.74 Å². The van der Waals surface area contributed by atoms with Crippen molar-refractivity contribution in [3.8, 4) is 11.1 Å². The number of nitrogens with zero attached hydrogens (tertiary/aromatic N) is 1. The summed E-state index contributed by atoms with van der Waals surface area (Å²) in [4.78, 5) is 38.0. The first-order chi connectivity index (χ1) is 13.6. The number of fused-ring (bicyclic) bond motifs is 1. The molecule has 28 heavy (non-hydrogen) atoms. The van der Waals surface area contributed by atoms with Crippen LogP contribution in [0.25, 0.3) is 11.1 Å². The molecular formula is C23H21NO4. The molecule has 1 aliphatic heterocycles. The highest BCUT2D eigenvalue weighted by molar-refractivity contribution is 6.07. The predicted octanol–water partition coefficient (Wildman–Crippen LogP) is 3.35. The molecule has 4 rings (SSSR count). The third-order valence-electron chi connectivity index (χ3n) is 5.35. The van der Waals surface area contributed by atoms with Crippen molar-refractivity contribution in [3.05, 3.63) is 72.3 Å². The lowest BCUT2D eigenvalue weighted by Crippen LogP contribution is -2.36. The smallest absolute Gasteiger partial charge is 0.326 e. The summed E-state index contributed by atoms with van der Waals surface area (Å²) in [6, 6.07) is 17.8. The molecule has 2 amide bonds. The van der Waals surface area contributed by atoms with Gasteiger partial charge >= 0.3 is 5.97 Å². The Morgan fingerprint density at radius 3 is 2.04 bits per heavy atom. The maximum absolute atomic E-state index is 12.4. The molecule has 0 aromatic heterocycles. The second-order valence-corrected chi connectivity index (χ2v) is 7.14. The van der Waals surface area contributed by atoms with Gasteiger partial charge in [-0.2, -0.15) is 0 Å². The fraction of sp³-hybridized carbons (Fsp3) is 0.261. The van der Waals surface area contributed by atoms with Crippen LogP contribution in [0, 0.1) is 11.8 Å². The van der Waals surface area contributed by atoms with E-state index in [9.17, 15) is 14.4 Å². The van der Waals surface area contributed by atoms with Crippen molar-refractivity contribution in [1.82, 2.24) is 4.90 Å². The normalized spacial score (nSPS) is 20.9. The van der Waals surface area contributed by atoms with Crippen LogP contribution in [0.4, 0.5) is 0 Å². The number of amides is 2. The van der Waals surface area contributed by atoms with Crippen molar-refractivity contribution in [2.75, 3.05) is 6.54 Å². The van der Waals surface area contributed by atoms with Crippen LogP contribution in [-0.4, -0.2) is 29.2 Å². The van der Waals surface area contributed by atoms with E-state index in [1.807, 2.05) is 66.7 Å². The summed E-state index contributed by atoms with van der Waals surface area (Å²) in [5.41, 5.74) is 3.05. The molecule has 5 heteroatoms. The molecule has 0 N–H and O–H groups in total. The number of likely N-dealkylation sites (tertiary alicyclic amines) is 1. The molecule has 5 nitrogen and oxygen atoms in total. The standard InChI is InChI=1S/C23H21NO4/c25-21(14-24-22(26)19-8-4-5-9-20(19)23(24)27)28-15-16-10-12-18(13-11-16)17-6-2-1-3-7-17/h1-7,10-13,19-20H,8-9,14-15H2/t19-,20-/m0/s1. The summed E-state index contributed by atoms with van der Waals surface area (Å²) >= 11 is 0. The van der Waals surface area contributed by atoms with Crippen molar-refractivity contribution in [3.63, 3.8) is 0 Å². The summed E-state index contributed by atoms with van der Waals surface area (Å²) in [5, 5.41) is 0. The molecule has 1 fully saturated rings. The summed E-state index contributed by atoms with van der Waals surface area (Å²) in [6.45, 7) is -0.203. The van der Waals surface area contributed by atoms with Crippen LogP contribution in [0.5, 0.6) is 0 Å². The quantitative estimate of drug-likeness (QED) is 0.457. The van der Waals surface area contributed by atoms with Gasteiger partial charge in [-0.15, -0.1) is 0 Å². The molecule has 1 heterocycles. The zero-order valence-corrected chi connectivity index (χ0v) is 15.4. The Labute approximate surface area is 163 Å². The van der Waals surface area contributed by atoms with Crippen molar-refractivity contribution >= 4 is 17.8 Å². The van der Waals surface area contributed by atoms with E-state index in [0.717, 1.165) is 21.6 Å². The van der Waals surface area contributed by atoms with Crippen molar-refractivity contribution in [2.24, 2.45) is 11.8 Å². The van der Waals surface area contributed by atoms with Crippen LogP contribution in [0.15, 0.2) is 66.7 Å². The average Bonchev–Trinajstić information content (AvgIpc) is 2.98. The van der Waals surface area contributed by atoms with Crippen LogP contribution in [-0.2, 0) is 25.7 Å². The Bertz CT molecular complexity index is 891. The van der Waals surface area contributed by atoms with E-state index < -0.39 is 5.97 Å². The summed E-state index contributed by atoms with van der Waals surface area (Å²) in [5.74, 6) is -1.74. The Kier molecular flexibility index (Phi) is 5.06. The molecule has 1 saturated heterocycles. The second-order valence-electron chi connectivity index (χ2n) is 7.14. The number of benzene rings is 2. The number of rotatable bonds is 5. The van der Waals surface area contributed by atoms with Crippen LogP contribution < -0.4 is 0 Å². The highest BCUT2D eigenvalue weighted by Gasteiger charge is 2.47. The molecule has 0 spiro atoms. The van der Waals surface area contributed by atoms with E-state index in [-0.39, 0.29) is 36.8 Å². The molecule has 1 aliphatic carbocycles. The lowest BCUT2D eigenvalue weighted by Gasteiger charge is -2.14. The average molecular weight is 375 g/mol. The molecular weight excluding hydrogens is 354 g/mol. The number of hydrogen-bond acceptors (Lipinski definition) is 4. The predicted molar refractivity (Wildman–Crippen MR) is 104 cm³/mol. The fourth-order valence-corrected chi connectivity index (χ4v) is 3.79. The van der Waals surface area contributed by atoms with Crippen molar-refractivity contribution in [2.45, 2.75) is 19.4 Å². The zero-order chi connectivity index (χ0) is 19.5. The molecule has 0 radical (unpaired) electrons. The number of allylic oxidation sites excluding steroid dienone is 2. The van der Waals surface area contributed by atoms with Crippen molar-refractivity contribution < 1.29 is 19.1 Å².